The number of carbonyl (C=O) groups excluding carboxylic acids is 3. The highest BCUT2D eigenvalue weighted by atomic mass is 35.5. The van der Waals surface area contributed by atoms with Crippen molar-refractivity contribution < 1.29 is 18.8 Å². The number of benzene rings is 2. The second kappa shape index (κ2) is 8.90. The molecule has 0 unspecified atom stereocenters. The van der Waals surface area contributed by atoms with Crippen molar-refractivity contribution in [3.63, 3.8) is 0 Å². The second-order valence-electron chi connectivity index (χ2n) is 7.12. The molecule has 32 heavy (non-hydrogen) atoms. The van der Waals surface area contributed by atoms with Gasteiger partial charge in [0.25, 0.3) is 5.91 Å². The quantitative estimate of drug-likeness (QED) is 0.401. The lowest BCUT2D eigenvalue weighted by molar-refractivity contribution is -0.127. The fraction of sp³-hybridized carbons (Fsp3) is 0.0870. The smallest absolute Gasteiger partial charge is 0.329 e. The first-order valence-electron chi connectivity index (χ1n) is 9.56. The number of amides is 4. The van der Waals surface area contributed by atoms with Gasteiger partial charge in [-0.1, -0.05) is 35.3 Å². The molecule has 4 amide bonds. The molecule has 7 nitrogen and oxygen atoms in total. The van der Waals surface area contributed by atoms with E-state index in [-0.39, 0.29) is 5.70 Å². The van der Waals surface area contributed by atoms with E-state index in [9.17, 15) is 14.4 Å². The monoisotopic (exact) mass is 469 g/mol. The molecule has 2 N–H and O–H groups in total. The molecule has 1 aromatic heterocycles. The maximum Gasteiger partial charge on any atom is 0.329 e. The zero-order valence-corrected chi connectivity index (χ0v) is 18.3. The average Bonchev–Trinajstić information content (AvgIpc) is 3.30. The predicted molar refractivity (Wildman–Crippen MR) is 122 cm³/mol. The predicted octanol–water partition coefficient (Wildman–Crippen LogP) is 5.09. The average molecular weight is 470 g/mol. The highest BCUT2D eigenvalue weighted by molar-refractivity contribution is 6.35. The summed E-state index contributed by atoms with van der Waals surface area (Å²) in [6.45, 7) is 1.47. The van der Waals surface area contributed by atoms with E-state index in [1.165, 1.54) is 6.08 Å². The molecule has 2 aromatic carbocycles. The van der Waals surface area contributed by atoms with Crippen LogP contribution in [0.5, 0.6) is 0 Å². The van der Waals surface area contributed by atoms with Gasteiger partial charge in [0.05, 0.1) is 5.02 Å². The molecule has 1 saturated heterocycles. The van der Waals surface area contributed by atoms with Crippen molar-refractivity contribution in [1.82, 2.24) is 10.2 Å². The van der Waals surface area contributed by atoms with Crippen LogP contribution in [0.1, 0.15) is 11.3 Å². The molecule has 3 aromatic rings. The summed E-state index contributed by atoms with van der Waals surface area (Å²) in [7, 11) is 0. The van der Waals surface area contributed by atoms with Crippen LogP contribution in [-0.4, -0.2) is 29.3 Å². The maximum atomic E-state index is 12.7. The molecule has 4 rings (SSSR count). The van der Waals surface area contributed by atoms with Gasteiger partial charge < -0.3 is 15.1 Å². The highest BCUT2D eigenvalue weighted by Gasteiger charge is 2.35. The lowest BCUT2D eigenvalue weighted by Gasteiger charge is -2.12. The molecule has 1 fully saturated rings. The summed E-state index contributed by atoms with van der Waals surface area (Å²) in [5, 5.41) is 6.09. The van der Waals surface area contributed by atoms with Gasteiger partial charge in [-0.3, -0.25) is 9.59 Å². The van der Waals surface area contributed by atoms with E-state index in [1.54, 1.807) is 48.5 Å². The number of halogens is 2. The van der Waals surface area contributed by atoms with Crippen molar-refractivity contribution in [3.8, 4) is 11.3 Å². The SMILES string of the molecule is Cc1cccc(NC(=O)CN2C(=O)N/C(=C/c3ccc(-c4cc(Cl)ccc4Cl)o3)C2=O)c1. The summed E-state index contributed by atoms with van der Waals surface area (Å²) in [5.41, 5.74) is 2.15. The summed E-state index contributed by atoms with van der Waals surface area (Å²) in [4.78, 5) is 38.0. The molecule has 0 atom stereocenters. The van der Waals surface area contributed by atoms with E-state index < -0.39 is 24.4 Å². The van der Waals surface area contributed by atoms with Gasteiger partial charge in [-0.2, -0.15) is 0 Å². The first-order chi connectivity index (χ1) is 15.3. The molecular weight excluding hydrogens is 453 g/mol. The number of nitrogens with one attached hydrogen (secondary N) is 2. The van der Waals surface area contributed by atoms with Crippen molar-refractivity contribution in [2.45, 2.75) is 6.92 Å². The van der Waals surface area contributed by atoms with Crippen LogP contribution in [0.4, 0.5) is 10.5 Å². The maximum absolute atomic E-state index is 12.7. The molecule has 0 radical (unpaired) electrons. The number of furan rings is 1. The summed E-state index contributed by atoms with van der Waals surface area (Å²) in [5.74, 6) is -0.342. The van der Waals surface area contributed by atoms with Gasteiger partial charge in [-0.25, -0.2) is 9.69 Å². The van der Waals surface area contributed by atoms with Gasteiger partial charge in [0.1, 0.15) is 23.8 Å². The minimum absolute atomic E-state index is 0.00329. The molecule has 162 valence electrons. The summed E-state index contributed by atoms with van der Waals surface area (Å²) >= 11 is 12.2. The van der Waals surface area contributed by atoms with E-state index in [1.807, 2.05) is 13.0 Å². The number of rotatable bonds is 5. The van der Waals surface area contributed by atoms with Crippen LogP contribution >= 0.6 is 23.2 Å². The van der Waals surface area contributed by atoms with Crippen LogP contribution in [0.2, 0.25) is 10.0 Å². The number of imide groups is 1. The summed E-state index contributed by atoms with van der Waals surface area (Å²) in [6.07, 6.45) is 1.39. The zero-order chi connectivity index (χ0) is 22.8. The summed E-state index contributed by atoms with van der Waals surface area (Å²) in [6, 6.07) is 14.8. The van der Waals surface area contributed by atoms with E-state index in [4.69, 9.17) is 27.6 Å². The van der Waals surface area contributed by atoms with Crippen molar-refractivity contribution >= 4 is 52.8 Å². The third-order valence-electron chi connectivity index (χ3n) is 4.67. The second-order valence-corrected chi connectivity index (χ2v) is 7.97. The molecule has 2 heterocycles. The topological polar surface area (TPSA) is 91.7 Å². The lowest BCUT2D eigenvalue weighted by Crippen LogP contribution is -2.38. The fourth-order valence-corrected chi connectivity index (χ4v) is 3.57. The van der Waals surface area contributed by atoms with Crippen LogP contribution in [0.25, 0.3) is 17.4 Å². The Morgan fingerprint density at radius 2 is 1.94 bits per heavy atom. The Balaban J connectivity index is 1.47. The van der Waals surface area contributed by atoms with E-state index in [0.29, 0.717) is 32.8 Å². The van der Waals surface area contributed by atoms with Crippen molar-refractivity contribution in [2.24, 2.45) is 0 Å². The molecule has 0 bridgehead atoms. The van der Waals surface area contributed by atoms with Gasteiger partial charge in [0, 0.05) is 22.3 Å². The number of carbonyl (C=O) groups is 3. The third-order valence-corrected chi connectivity index (χ3v) is 5.24. The normalized spacial score (nSPS) is 14.7. The third kappa shape index (κ3) is 4.69. The molecular formula is C23H17Cl2N3O4. The number of hydrogen-bond donors (Lipinski definition) is 2. The van der Waals surface area contributed by atoms with Crippen LogP contribution in [0, 0.1) is 6.92 Å². The van der Waals surface area contributed by atoms with Crippen LogP contribution in [0.15, 0.2) is 64.7 Å². The minimum Gasteiger partial charge on any atom is -0.457 e. The highest BCUT2D eigenvalue weighted by Crippen LogP contribution is 2.32. The molecule has 1 aliphatic rings. The van der Waals surface area contributed by atoms with Crippen LogP contribution in [-0.2, 0) is 9.59 Å². The van der Waals surface area contributed by atoms with Gasteiger partial charge in [0.2, 0.25) is 5.91 Å². The Bertz CT molecular complexity index is 1270. The fourth-order valence-electron chi connectivity index (χ4n) is 3.19. The molecule has 0 spiro atoms. The number of aryl methyl sites for hydroxylation is 1. The van der Waals surface area contributed by atoms with Gasteiger partial charge in [0.15, 0.2) is 0 Å². The standard InChI is InChI=1S/C23H17Cl2N3O4/c1-13-3-2-4-15(9-13)26-21(29)12-28-22(30)19(27-23(28)31)11-16-6-8-20(32-16)17-10-14(24)5-7-18(17)25/h2-11H,12H2,1H3,(H,26,29)(H,27,31)/b19-11+. The van der Waals surface area contributed by atoms with Crippen LogP contribution < -0.4 is 10.6 Å². The number of anilines is 1. The minimum atomic E-state index is -0.690. The lowest BCUT2D eigenvalue weighted by atomic mass is 10.2. The first kappa shape index (κ1) is 21.7. The van der Waals surface area contributed by atoms with E-state index >= 15 is 0 Å². The molecule has 0 saturated carbocycles. The Morgan fingerprint density at radius 1 is 1.12 bits per heavy atom. The number of hydrogen-bond acceptors (Lipinski definition) is 4. The van der Waals surface area contributed by atoms with Gasteiger partial charge in [-0.05, 0) is 55.0 Å². The Morgan fingerprint density at radius 3 is 2.72 bits per heavy atom. The number of nitrogens with zero attached hydrogens (tertiary/aromatic N) is 1. The molecule has 0 aliphatic carbocycles. The van der Waals surface area contributed by atoms with Crippen molar-refractivity contribution in [1.29, 1.82) is 0 Å². The molecule has 1 aliphatic heterocycles. The van der Waals surface area contributed by atoms with E-state index in [2.05, 4.69) is 10.6 Å². The van der Waals surface area contributed by atoms with Crippen molar-refractivity contribution in [3.05, 3.63) is 81.7 Å². The molecule has 9 heteroatoms. The van der Waals surface area contributed by atoms with E-state index in [0.717, 1.165) is 10.5 Å². The Hall–Kier alpha value is -3.55. The van der Waals surface area contributed by atoms with Gasteiger partial charge >= 0.3 is 6.03 Å². The Kier molecular flexibility index (Phi) is 6.03. The van der Waals surface area contributed by atoms with Gasteiger partial charge in [-0.15, -0.1) is 0 Å². The number of urea groups is 1. The summed E-state index contributed by atoms with van der Waals surface area (Å²) < 4.78 is 5.74. The Labute approximate surface area is 193 Å². The van der Waals surface area contributed by atoms with Crippen LogP contribution in [0.3, 0.4) is 0 Å². The van der Waals surface area contributed by atoms with Crippen molar-refractivity contribution in [2.75, 3.05) is 11.9 Å². The largest absolute Gasteiger partial charge is 0.457 e. The zero-order valence-electron chi connectivity index (χ0n) is 16.8. The first-order valence-corrected chi connectivity index (χ1v) is 10.3.